The summed E-state index contributed by atoms with van der Waals surface area (Å²) in [6.07, 6.45) is 1.01. The monoisotopic (exact) mass is 255 g/mol. The zero-order valence-corrected chi connectivity index (χ0v) is 11.2. The van der Waals surface area contributed by atoms with Gasteiger partial charge >= 0.3 is 0 Å². The first-order chi connectivity index (χ1) is 8.47. The molecule has 1 unspecified atom stereocenters. The highest BCUT2D eigenvalue weighted by atomic mass is 16.2. The smallest absolute Gasteiger partial charge is 0.247 e. The van der Waals surface area contributed by atoms with Crippen molar-refractivity contribution in [2.75, 3.05) is 13.1 Å². The largest absolute Gasteiger partial charge is 0.355 e. The predicted octanol–water partition coefficient (Wildman–Crippen LogP) is -0.362. The molecule has 0 aromatic heterocycles. The third-order valence-electron chi connectivity index (χ3n) is 2.78. The lowest BCUT2D eigenvalue weighted by Gasteiger charge is -2.19. The number of amides is 3. The third kappa shape index (κ3) is 3.53. The van der Waals surface area contributed by atoms with E-state index in [-0.39, 0.29) is 36.7 Å². The summed E-state index contributed by atoms with van der Waals surface area (Å²) < 4.78 is 0. The number of nitrogens with one attached hydrogen (secondary N) is 2. The minimum Gasteiger partial charge on any atom is -0.355 e. The summed E-state index contributed by atoms with van der Waals surface area (Å²) in [5, 5.41) is 5.54. The molecule has 2 N–H and O–H groups in total. The maximum Gasteiger partial charge on any atom is 0.247 e. The molecule has 0 aliphatic carbocycles. The average Bonchev–Trinajstić information content (AvgIpc) is 2.58. The van der Waals surface area contributed by atoms with Crippen molar-refractivity contribution in [3.8, 4) is 0 Å². The van der Waals surface area contributed by atoms with E-state index in [2.05, 4.69) is 10.6 Å². The van der Waals surface area contributed by atoms with Gasteiger partial charge in [0.15, 0.2) is 0 Å². The van der Waals surface area contributed by atoms with Crippen LogP contribution in [0.3, 0.4) is 0 Å². The van der Waals surface area contributed by atoms with E-state index < -0.39 is 6.04 Å². The highest BCUT2D eigenvalue weighted by molar-refractivity contribution is 6.06. The van der Waals surface area contributed by atoms with Crippen LogP contribution in [-0.2, 0) is 14.4 Å². The maximum atomic E-state index is 11.9. The van der Waals surface area contributed by atoms with Gasteiger partial charge in [-0.3, -0.25) is 24.6 Å². The van der Waals surface area contributed by atoms with Gasteiger partial charge in [-0.2, -0.15) is 0 Å². The molecule has 0 bridgehead atoms. The Morgan fingerprint density at radius 3 is 2.61 bits per heavy atom. The van der Waals surface area contributed by atoms with Crippen molar-refractivity contribution in [2.24, 2.45) is 0 Å². The van der Waals surface area contributed by atoms with E-state index in [0.29, 0.717) is 6.54 Å². The van der Waals surface area contributed by atoms with Gasteiger partial charge in [-0.15, -0.1) is 0 Å². The molecule has 0 aromatic rings. The van der Waals surface area contributed by atoms with E-state index in [9.17, 15) is 14.4 Å². The lowest BCUT2D eigenvalue weighted by atomic mass is 10.2. The van der Waals surface area contributed by atoms with Gasteiger partial charge < -0.3 is 5.32 Å². The van der Waals surface area contributed by atoms with Crippen LogP contribution in [0.15, 0.2) is 0 Å². The van der Waals surface area contributed by atoms with E-state index in [1.54, 1.807) is 13.8 Å². The van der Waals surface area contributed by atoms with Gasteiger partial charge in [-0.05, 0) is 20.3 Å². The minimum absolute atomic E-state index is 0.0651. The van der Waals surface area contributed by atoms with Crippen LogP contribution in [0.5, 0.6) is 0 Å². The number of carbonyl (C=O) groups is 3. The Labute approximate surface area is 107 Å². The van der Waals surface area contributed by atoms with Crippen LogP contribution in [0.2, 0.25) is 0 Å². The van der Waals surface area contributed by atoms with Crippen LogP contribution < -0.4 is 10.6 Å². The number of likely N-dealkylation sites (tertiary alicyclic amines) is 1. The van der Waals surface area contributed by atoms with Gasteiger partial charge in [0.25, 0.3) is 0 Å². The second-order valence-electron chi connectivity index (χ2n) is 4.68. The van der Waals surface area contributed by atoms with Crippen molar-refractivity contribution in [1.29, 1.82) is 0 Å². The van der Waals surface area contributed by atoms with Crippen LogP contribution in [0.25, 0.3) is 0 Å². The fourth-order valence-electron chi connectivity index (χ4n) is 1.90. The van der Waals surface area contributed by atoms with E-state index in [1.807, 2.05) is 6.92 Å². The lowest BCUT2D eigenvalue weighted by molar-refractivity contribution is -0.140. The first-order valence-electron chi connectivity index (χ1n) is 6.33. The summed E-state index contributed by atoms with van der Waals surface area (Å²) >= 11 is 0. The molecule has 1 atom stereocenters. The molecule has 1 aliphatic heterocycles. The number of nitrogens with zero attached hydrogens (tertiary/aromatic N) is 1. The molecule has 1 saturated heterocycles. The molecule has 0 spiro atoms. The SMILES string of the molecule is CCCNC(=O)CNC1CC(=O)N(C(C)C)C1=O. The second kappa shape index (κ2) is 6.49. The first kappa shape index (κ1) is 14.6. The number of imide groups is 1. The molecular weight excluding hydrogens is 234 g/mol. The first-order valence-corrected chi connectivity index (χ1v) is 6.33. The van der Waals surface area contributed by atoms with Gasteiger partial charge in [-0.1, -0.05) is 6.92 Å². The van der Waals surface area contributed by atoms with Gasteiger partial charge in [-0.25, -0.2) is 0 Å². The molecule has 1 heterocycles. The van der Waals surface area contributed by atoms with Crippen molar-refractivity contribution in [1.82, 2.24) is 15.5 Å². The number of rotatable bonds is 6. The topological polar surface area (TPSA) is 78.5 Å². The molecule has 18 heavy (non-hydrogen) atoms. The van der Waals surface area contributed by atoms with Crippen LogP contribution in [-0.4, -0.2) is 47.8 Å². The molecular formula is C12H21N3O3. The summed E-state index contributed by atoms with van der Waals surface area (Å²) in [4.78, 5) is 36.1. The van der Waals surface area contributed by atoms with Gasteiger partial charge in [0.2, 0.25) is 17.7 Å². The Morgan fingerprint density at radius 1 is 1.44 bits per heavy atom. The number of carbonyl (C=O) groups excluding carboxylic acids is 3. The normalized spacial score (nSPS) is 19.8. The van der Waals surface area contributed by atoms with E-state index >= 15 is 0 Å². The van der Waals surface area contributed by atoms with Crippen LogP contribution in [0, 0.1) is 0 Å². The standard InChI is InChI=1S/C12H21N3O3/c1-4-5-13-10(16)7-14-9-6-11(17)15(8(2)3)12(9)18/h8-9,14H,4-7H2,1-3H3,(H,13,16). The Morgan fingerprint density at radius 2 is 2.11 bits per heavy atom. The van der Waals surface area contributed by atoms with Crippen LogP contribution in [0.4, 0.5) is 0 Å². The zero-order chi connectivity index (χ0) is 13.7. The second-order valence-corrected chi connectivity index (χ2v) is 4.68. The molecule has 6 nitrogen and oxygen atoms in total. The maximum absolute atomic E-state index is 11.9. The Bertz CT molecular complexity index is 341. The molecule has 102 valence electrons. The van der Waals surface area contributed by atoms with Crippen molar-refractivity contribution < 1.29 is 14.4 Å². The molecule has 0 saturated carbocycles. The van der Waals surface area contributed by atoms with E-state index in [0.717, 1.165) is 6.42 Å². The van der Waals surface area contributed by atoms with Gasteiger partial charge in [0.05, 0.1) is 19.0 Å². The molecule has 1 rings (SSSR count). The van der Waals surface area contributed by atoms with Crippen LogP contribution >= 0.6 is 0 Å². The molecule has 0 aromatic carbocycles. The van der Waals surface area contributed by atoms with Crippen molar-refractivity contribution in [3.05, 3.63) is 0 Å². The van der Waals surface area contributed by atoms with Crippen LogP contribution in [0.1, 0.15) is 33.6 Å². The predicted molar refractivity (Wildman–Crippen MR) is 66.7 cm³/mol. The fraction of sp³-hybridized carbons (Fsp3) is 0.750. The summed E-state index contributed by atoms with van der Waals surface area (Å²) in [6, 6.07) is -0.696. The number of hydrogen-bond acceptors (Lipinski definition) is 4. The van der Waals surface area contributed by atoms with Gasteiger partial charge in [0, 0.05) is 12.6 Å². The summed E-state index contributed by atoms with van der Waals surface area (Å²) in [6.45, 7) is 6.25. The Balaban J connectivity index is 2.43. The van der Waals surface area contributed by atoms with Crippen molar-refractivity contribution >= 4 is 17.7 Å². The van der Waals surface area contributed by atoms with E-state index in [4.69, 9.17) is 0 Å². The summed E-state index contributed by atoms with van der Waals surface area (Å²) in [7, 11) is 0. The van der Waals surface area contributed by atoms with E-state index in [1.165, 1.54) is 4.90 Å². The average molecular weight is 255 g/mol. The Kier molecular flexibility index (Phi) is 5.27. The molecule has 1 fully saturated rings. The third-order valence-corrected chi connectivity index (χ3v) is 2.78. The molecule has 6 heteroatoms. The number of hydrogen-bond donors (Lipinski definition) is 2. The van der Waals surface area contributed by atoms with Crippen molar-refractivity contribution in [3.63, 3.8) is 0 Å². The van der Waals surface area contributed by atoms with Crippen molar-refractivity contribution in [2.45, 2.75) is 45.7 Å². The lowest BCUT2D eigenvalue weighted by Crippen LogP contribution is -2.45. The summed E-state index contributed by atoms with van der Waals surface area (Å²) in [5.74, 6) is -0.570. The highest BCUT2D eigenvalue weighted by Crippen LogP contribution is 2.15. The molecule has 1 aliphatic rings. The quantitative estimate of drug-likeness (QED) is 0.635. The fourth-order valence-corrected chi connectivity index (χ4v) is 1.90. The minimum atomic E-state index is -0.563. The highest BCUT2D eigenvalue weighted by Gasteiger charge is 2.39. The Hall–Kier alpha value is -1.43. The molecule has 0 radical (unpaired) electrons. The molecule has 3 amide bonds. The zero-order valence-electron chi connectivity index (χ0n) is 11.2. The summed E-state index contributed by atoms with van der Waals surface area (Å²) in [5.41, 5.74) is 0. The van der Waals surface area contributed by atoms with Gasteiger partial charge in [0.1, 0.15) is 0 Å².